The number of ether oxygens (including phenoxy) is 2. The van der Waals surface area contributed by atoms with Crippen LogP contribution in [0.15, 0.2) is 18.2 Å². The largest absolute Gasteiger partial charge is 0.454 e. The van der Waals surface area contributed by atoms with E-state index >= 15 is 0 Å². The zero-order valence-corrected chi connectivity index (χ0v) is 21.9. The normalized spacial score (nSPS) is 16.1. The van der Waals surface area contributed by atoms with Crippen LogP contribution >= 0.6 is 0 Å². The molecule has 0 bridgehead atoms. The Hall–Kier alpha value is -3.12. The third kappa shape index (κ3) is 6.76. The van der Waals surface area contributed by atoms with Crippen LogP contribution < -0.4 is 19.7 Å². The average Bonchev–Trinajstić information content (AvgIpc) is 3.38. The maximum atomic E-state index is 9.68. The summed E-state index contributed by atoms with van der Waals surface area (Å²) >= 11 is 0. The van der Waals surface area contributed by atoms with Crippen LogP contribution in [0.25, 0.3) is 0 Å². The second-order valence-corrected chi connectivity index (χ2v) is 9.72. The van der Waals surface area contributed by atoms with Gasteiger partial charge in [0.2, 0.25) is 24.5 Å². The van der Waals surface area contributed by atoms with E-state index < -0.39 is 0 Å². The van der Waals surface area contributed by atoms with Gasteiger partial charge in [-0.2, -0.15) is 20.2 Å². The van der Waals surface area contributed by atoms with Gasteiger partial charge in [0.1, 0.15) is 6.07 Å². The minimum Gasteiger partial charge on any atom is -0.454 e. The van der Waals surface area contributed by atoms with Crippen molar-refractivity contribution in [3.05, 3.63) is 29.6 Å². The highest BCUT2D eigenvalue weighted by molar-refractivity contribution is 5.47. The summed E-state index contributed by atoms with van der Waals surface area (Å²) in [6.45, 7) is 10.6. The molecule has 1 aromatic heterocycles. The minimum atomic E-state index is 0.143. The maximum Gasteiger partial charge on any atom is 0.238 e. The summed E-state index contributed by atoms with van der Waals surface area (Å²) < 4.78 is 11.1. The molecule has 4 rings (SSSR count). The summed E-state index contributed by atoms with van der Waals surface area (Å²) in [6, 6.07) is 8.70. The molecule has 1 N–H and O–H groups in total. The van der Waals surface area contributed by atoms with Crippen LogP contribution in [-0.2, 0) is 6.54 Å². The fourth-order valence-corrected chi connectivity index (χ4v) is 5.05. The van der Waals surface area contributed by atoms with Crippen molar-refractivity contribution < 1.29 is 9.47 Å². The second kappa shape index (κ2) is 12.7. The molecule has 1 aliphatic heterocycles. The first kappa shape index (κ1) is 26.0. The van der Waals surface area contributed by atoms with E-state index in [9.17, 15) is 5.26 Å². The predicted molar refractivity (Wildman–Crippen MR) is 140 cm³/mol. The van der Waals surface area contributed by atoms with Gasteiger partial charge in [0.05, 0.1) is 0 Å². The van der Waals surface area contributed by atoms with Crippen LogP contribution in [0.5, 0.6) is 11.5 Å². The highest BCUT2D eigenvalue weighted by Gasteiger charge is 2.26. The summed E-state index contributed by atoms with van der Waals surface area (Å²) in [5.41, 5.74) is 1.10. The smallest absolute Gasteiger partial charge is 0.238 e. The molecule has 2 aromatic rings. The molecular formula is C27H39N7O2. The highest BCUT2D eigenvalue weighted by Crippen LogP contribution is 2.34. The van der Waals surface area contributed by atoms with Crippen molar-refractivity contribution >= 4 is 11.9 Å². The molecule has 0 amide bonds. The van der Waals surface area contributed by atoms with Gasteiger partial charge < -0.3 is 24.6 Å². The van der Waals surface area contributed by atoms with Gasteiger partial charge in [-0.05, 0) is 69.9 Å². The van der Waals surface area contributed by atoms with E-state index in [-0.39, 0.29) is 18.7 Å². The van der Waals surface area contributed by atoms with Gasteiger partial charge in [-0.15, -0.1) is 0 Å². The lowest BCUT2D eigenvalue weighted by Gasteiger charge is -2.34. The summed E-state index contributed by atoms with van der Waals surface area (Å²) in [5.74, 6) is 2.72. The summed E-state index contributed by atoms with van der Waals surface area (Å²) in [6.07, 6.45) is 7.90. The number of aromatic nitrogens is 3. The first-order valence-corrected chi connectivity index (χ1v) is 13.4. The molecule has 1 saturated carbocycles. The van der Waals surface area contributed by atoms with E-state index in [1.807, 2.05) is 12.1 Å². The van der Waals surface area contributed by atoms with Crippen molar-refractivity contribution in [2.45, 2.75) is 84.3 Å². The van der Waals surface area contributed by atoms with Gasteiger partial charge in [-0.3, -0.25) is 0 Å². The molecule has 1 aliphatic carbocycles. The summed E-state index contributed by atoms with van der Waals surface area (Å²) in [4.78, 5) is 18.4. The van der Waals surface area contributed by atoms with Crippen molar-refractivity contribution in [3.8, 4) is 17.6 Å². The number of nitriles is 1. The molecule has 9 nitrogen and oxygen atoms in total. The Kier molecular flexibility index (Phi) is 9.17. The van der Waals surface area contributed by atoms with Gasteiger partial charge in [0.15, 0.2) is 11.5 Å². The number of fused-ring (bicyclic) bond motifs is 1. The van der Waals surface area contributed by atoms with Gasteiger partial charge in [-0.25, -0.2) is 0 Å². The van der Waals surface area contributed by atoms with Crippen molar-refractivity contribution in [2.24, 2.45) is 0 Å². The Bertz CT molecular complexity index is 1030. The monoisotopic (exact) mass is 493 g/mol. The van der Waals surface area contributed by atoms with Crippen molar-refractivity contribution in [2.75, 3.05) is 36.6 Å². The fourth-order valence-electron chi connectivity index (χ4n) is 5.05. The van der Waals surface area contributed by atoms with Crippen molar-refractivity contribution in [1.29, 1.82) is 5.26 Å². The summed E-state index contributed by atoms with van der Waals surface area (Å²) in [7, 11) is 0. The molecule has 0 saturated heterocycles. The standard InChI is InChI=1S/C27H39N7O2/c1-4-33(5-2)15-9-10-20(3)29-26-30-25(17-28)31-27(32-26)34(22-11-7-6-8-12-22)18-21-13-14-23-24(16-21)36-19-35-23/h13-14,16,20,22H,4-12,15,18-19H2,1-3H3,(H,29,30,31,32). The Morgan fingerprint density at radius 3 is 2.61 bits per heavy atom. The molecule has 1 unspecified atom stereocenters. The zero-order valence-electron chi connectivity index (χ0n) is 21.9. The molecule has 1 atom stereocenters. The van der Waals surface area contributed by atoms with Gasteiger partial charge >= 0.3 is 0 Å². The van der Waals surface area contributed by atoms with Gasteiger partial charge in [0, 0.05) is 18.6 Å². The molecule has 194 valence electrons. The average molecular weight is 494 g/mol. The lowest BCUT2D eigenvalue weighted by molar-refractivity contribution is 0.174. The number of nitrogens with zero attached hydrogens (tertiary/aromatic N) is 6. The van der Waals surface area contributed by atoms with Crippen LogP contribution in [-0.4, -0.2) is 58.4 Å². The third-order valence-corrected chi connectivity index (χ3v) is 7.17. The Balaban J connectivity index is 1.52. The van der Waals surface area contributed by atoms with E-state index in [0.29, 0.717) is 24.5 Å². The Labute approximate surface area is 214 Å². The predicted octanol–water partition coefficient (Wildman–Crippen LogP) is 4.73. The first-order chi connectivity index (χ1) is 17.6. The Morgan fingerprint density at radius 1 is 1.08 bits per heavy atom. The van der Waals surface area contributed by atoms with Gasteiger partial charge in [-0.1, -0.05) is 39.2 Å². The lowest BCUT2D eigenvalue weighted by atomic mass is 9.94. The molecular weight excluding hydrogens is 454 g/mol. The number of rotatable bonds is 12. The van der Waals surface area contributed by atoms with Crippen LogP contribution in [0.3, 0.4) is 0 Å². The number of hydrogen-bond donors (Lipinski definition) is 1. The van der Waals surface area contributed by atoms with Crippen LogP contribution in [0, 0.1) is 11.3 Å². The van der Waals surface area contributed by atoms with Gasteiger partial charge in [0.25, 0.3) is 0 Å². The summed E-state index contributed by atoms with van der Waals surface area (Å²) in [5, 5.41) is 13.1. The molecule has 9 heteroatoms. The van der Waals surface area contributed by atoms with E-state index in [0.717, 1.165) is 62.4 Å². The Morgan fingerprint density at radius 2 is 1.86 bits per heavy atom. The number of benzene rings is 1. The minimum absolute atomic E-state index is 0.143. The molecule has 0 radical (unpaired) electrons. The third-order valence-electron chi connectivity index (χ3n) is 7.17. The van der Waals surface area contributed by atoms with Crippen LogP contribution in [0.4, 0.5) is 11.9 Å². The SMILES string of the molecule is CCN(CC)CCCC(C)Nc1nc(C#N)nc(N(Cc2ccc3c(c2)OCO3)C2CCCCC2)n1. The second-order valence-electron chi connectivity index (χ2n) is 9.72. The topological polar surface area (TPSA) is 99.4 Å². The number of nitrogens with one attached hydrogen (secondary N) is 1. The fraction of sp³-hybridized carbons (Fsp3) is 0.630. The van der Waals surface area contributed by atoms with E-state index in [1.54, 1.807) is 0 Å². The lowest BCUT2D eigenvalue weighted by Crippen LogP contribution is -2.38. The first-order valence-electron chi connectivity index (χ1n) is 13.4. The molecule has 1 aromatic carbocycles. The van der Waals surface area contributed by atoms with Crippen molar-refractivity contribution in [3.63, 3.8) is 0 Å². The van der Waals surface area contributed by atoms with E-state index in [2.05, 4.69) is 58.0 Å². The molecule has 2 aliphatic rings. The van der Waals surface area contributed by atoms with Crippen LogP contribution in [0.1, 0.15) is 77.1 Å². The maximum absolute atomic E-state index is 9.68. The number of hydrogen-bond acceptors (Lipinski definition) is 9. The highest BCUT2D eigenvalue weighted by atomic mass is 16.7. The number of anilines is 2. The molecule has 36 heavy (non-hydrogen) atoms. The zero-order chi connectivity index (χ0) is 25.3. The molecule has 1 fully saturated rings. The quantitative estimate of drug-likeness (QED) is 0.449. The van der Waals surface area contributed by atoms with Crippen LogP contribution in [0.2, 0.25) is 0 Å². The van der Waals surface area contributed by atoms with E-state index in [1.165, 1.54) is 19.3 Å². The van der Waals surface area contributed by atoms with E-state index in [4.69, 9.17) is 14.5 Å². The van der Waals surface area contributed by atoms with Crippen molar-refractivity contribution in [1.82, 2.24) is 19.9 Å². The molecule has 0 spiro atoms. The molecule has 2 heterocycles.